The third-order valence-corrected chi connectivity index (χ3v) is 7.52. The van der Waals surface area contributed by atoms with Gasteiger partial charge in [-0.3, -0.25) is 9.69 Å². The number of halogens is 1. The lowest BCUT2D eigenvalue weighted by atomic mass is 9.77. The van der Waals surface area contributed by atoms with Crippen LogP contribution < -0.4 is 4.90 Å². The Morgan fingerprint density at radius 3 is 2.69 bits per heavy atom. The van der Waals surface area contributed by atoms with Crippen LogP contribution in [0.2, 0.25) is 0 Å². The second-order valence-corrected chi connectivity index (χ2v) is 9.43. The van der Waals surface area contributed by atoms with Crippen molar-refractivity contribution in [2.45, 2.75) is 32.0 Å². The topological polar surface area (TPSA) is 74.7 Å². The van der Waals surface area contributed by atoms with Gasteiger partial charge in [-0.15, -0.1) is 10.2 Å². The van der Waals surface area contributed by atoms with Gasteiger partial charge in [-0.2, -0.15) is 0 Å². The molecule has 10 heteroatoms. The summed E-state index contributed by atoms with van der Waals surface area (Å²) in [7, 11) is 1.68. The van der Waals surface area contributed by atoms with Gasteiger partial charge in [-0.05, 0) is 31.9 Å². The van der Waals surface area contributed by atoms with Crippen LogP contribution in [0.15, 0.2) is 23.8 Å². The summed E-state index contributed by atoms with van der Waals surface area (Å²) in [5.41, 5.74) is 2.44. The molecule has 1 aliphatic carbocycles. The monoisotopic (exact) mass is 462 g/mol. The van der Waals surface area contributed by atoms with Gasteiger partial charge in [-0.1, -0.05) is 11.3 Å². The number of carbonyl (C=O) groups is 1. The summed E-state index contributed by atoms with van der Waals surface area (Å²) in [4.78, 5) is 21.7. The summed E-state index contributed by atoms with van der Waals surface area (Å²) in [5.74, 6) is 0.930. The third-order valence-electron chi connectivity index (χ3n) is 6.79. The van der Waals surface area contributed by atoms with E-state index in [2.05, 4.69) is 29.7 Å². The molecule has 32 heavy (non-hydrogen) atoms. The minimum absolute atomic E-state index is 0.0256. The molecule has 8 nitrogen and oxygen atoms in total. The molecular weight excluding hydrogens is 431 g/mol. The number of likely N-dealkylation sites (tertiary alicyclic amines) is 1. The Kier molecular flexibility index (Phi) is 7.32. The molecule has 2 aromatic heterocycles. The van der Waals surface area contributed by atoms with Gasteiger partial charge in [0.15, 0.2) is 5.01 Å². The second-order valence-electron chi connectivity index (χ2n) is 8.60. The zero-order chi connectivity index (χ0) is 22.6. The number of ether oxygens (including phenoxy) is 1. The van der Waals surface area contributed by atoms with Crippen LogP contribution in [0.4, 0.5) is 10.2 Å². The Bertz CT molecular complexity index is 869. The van der Waals surface area contributed by atoms with Crippen LogP contribution in [0.25, 0.3) is 10.6 Å². The molecule has 5 rings (SSSR count). The molecule has 1 amide bonds. The van der Waals surface area contributed by atoms with E-state index in [9.17, 15) is 4.79 Å². The SMILES string of the molecule is CCOC.O=CN1CC2(CCC(N3CCN(c4ncccc4-c4nncs4)CC3)C2F)C1. The number of aromatic nitrogens is 3. The molecule has 2 aliphatic heterocycles. The maximum atomic E-state index is 15.2. The first-order valence-corrected chi connectivity index (χ1v) is 12.0. The smallest absolute Gasteiger partial charge is 0.209 e. The Morgan fingerprint density at radius 1 is 1.31 bits per heavy atom. The molecule has 0 aromatic carbocycles. The van der Waals surface area contributed by atoms with Gasteiger partial charge in [0.1, 0.15) is 17.5 Å². The van der Waals surface area contributed by atoms with Gasteiger partial charge < -0.3 is 14.5 Å². The average molecular weight is 463 g/mol. The molecular formula is C22H31FN6O2S. The molecule has 1 spiro atoms. The standard InChI is InChI=1S/C19H23FN6OS.C3H8O/c20-16-15(3-4-19(16)10-24(11-19)13-27)25-6-8-26(9-7-25)17-14(2-1-5-21-17)18-23-22-12-28-18;1-3-4-2/h1-2,5,12-13,15-16H,3-4,6-11H2;3H2,1-2H3. The van der Waals surface area contributed by atoms with Crippen LogP contribution in [0.1, 0.15) is 19.8 Å². The molecule has 0 N–H and O–H groups in total. The highest BCUT2D eigenvalue weighted by Gasteiger charge is 2.57. The Morgan fingerprint density at radius 2 is 2.06 bits per heavy atom. The van der Waals surface area contributed by atoms with Gasteiger partial charge in [-0.25, -0.2) is 9.37 Å². The van der Waals surface area contributed by atoms with E-state index in [1.807, 2.05) is 19.1 Å². The van der Waals surface area contributed by atoms with Crippen LogP contribution in [-0.2, 0) is 9.53 Å². The minimum atomic E-state index is -0.845. The quantitative estimate of drug-likeness (QED) is 0.632. The number of pyridine rings is 1. The molecule has 2 saturated heterocycles. The Hall–Kier alpha value is -2.17. The van der Waals surface area contributed by atoms with Crippen molar-refractivity contribution in [1.29, 1.82) is 0 Å². The largest absolute Gasteiger partial charge is 0.385 e. The van der Waals surface area contributed by atoms with Gasteiger partial charge >= 0.3 is 0 Å². The summed E-state index contributed by atoms with van der Waals surface area (Å²) < 4.78 is 19.8. The number of anilines is 1. The lowest BCUT2D eigenvalue weighted by Gasteiger charge is -2.49. The number of rotatable bonds is 5. The maximum absolute atomic E-state index is 15.2. The fourth-order valence-electron chi connectivity index (χ4n) is 5.04. The second kappa shape index (κ2) is 10.2. The number of methoxy groups -OCH3 is 1. The highest BCUT2D eigenvalue weighted by Crippen LogP contribution is 2.48. The van der Waals surface area contributed by atoms with Crippen molar-refractivity contribution in [2.75, 3.05) is 57.9 Å². The van der Waals surface area contributed by atoms with E-state index >= 15 is 4.39 Å². The molecule has 1 saturated carbocycles. The summed E-state index contributed by atoms with van der Waals surface area (Å²) in [6.45, 7) is 7.22. The molecule has 3 aliphatic rings. The van der Waals surface area contributed by atoms with Crippen molar-refractivity contribution in [1.82, 2.24) is 25.0 Å². The summed E-state index contributed by atoms with van der Waals surface area (Å²) >= 11 is 1.51. The number of hydrogen-bond donors (Lipinski definition) is 0. The lowest BCUT2D eigenvalue weighted by Crippen LogP contribution is -2.61. The molecule has 0 bridgehead atoms. The van der Waals surface area contributed by atoms with Gasteiger partial charge in [0.2, 0.25) is 6.41 Å². The predicted molar refractivity (Wildman–Crippen MR) is 122 cm³/mol. The zero-order valence-electron chi connectivity index (χ0n) is 18.7. The van der Waals surface area contributed by atoms with Crippen molar-refractivity contribution < 1.29 is 13.9 Å². The first kappa shape index (κ1) is 23.0. The Balaban J connectivity index is 0.000000567. The molecule has 4 heterocycles. The zero-order valence-corrected chi connectivity index (χ0v) is 19.5. The van der Waals surface area contributed by atoms with Crippen LogP contribution in [0.5, 0.6) is 0 Å². The molecule has 2 atom stereocenters. The molecule has 2 aromatic rings. The Labute approximate surface area is 192 Å². The third kappa shape index (κ3) is 4.49. The molecule has 0 radical (unpaired) electrons. The number of carbonyl (C=O) groups excluding carboxylic acids is 1. The first-order valence-electron chi connectivity index (χ1n) is 11.1. The van der Waals surface area contributed by atoms with E-state index in [-0.39, 0.29) is 11.5 Å². The van der Waals surface area contributed by atoms with Crippen molar-refractivity contribution >= 4 is 23.6 Å². The van der Waals surface area contributed by atoms with Gasteiger partial charge in [0.05, 0.1) is 5.56 Å². The van der Waals surface area contributed by atoms with Crippen LogP contribution in [0.3, 0.4) is 0 Å². The number of alkyl halides is 1. The van der Waals surface area contributed by atoms with E-state index in [1.165, 1.54) is 11.3 Å². The number of nitrogens with zero attached hydrogens (tertiary/aromatic N) is 6. The molecule has 174 valence electrons. The normalized spacial score (nSPS) is 24.7. The van der Waals surface area contributed by atoms with Gasteiger partial charge in [0.25, 0.3) is 0 Å². The van der Waals surface area contributed by atoms with Crippen LogP contribution >= 0.6 is 11.3 Å². The molecule has 2 unspecified atom stereocenters. The highest BCUT2D eigenvalue weighted by molar-refractivity contribution is 7.12. The number of piperazine rings is 1. The van der Waals surface area contributed by atoms with Crippen LogP contribution in [-0.4, -0.2) is 96.6 Å². The van der Waals surface area contributed by atoms with E-state index in [4.69, 9.17) is 0 Å². The van der Waals surface area contributed by atoms with Crippen molar-refractivity contribution in [3.05, 3.63) is 23.8 Å². The van der Waals surface area contributed by atoms with E-state index in [1.54, 1.807) is 23.7 Å². The number of amides is 1. The fraction of sp³-hybridized carbons (Fsp3) is 0.636. The van der Waals surface area contributed by atoms with Crippen LogP contribution in [0, 0.1) is 5.41 Å². The summed E-state index contributed by atoms with van der Waals surface area (Å²) in [5, 5.41) is 9.00. The summed E-state index contributed by atoms with van der Waals surface area (Å²) in [6.07, 6.45) is 3.56. The van der Waals surface area contributed by atoms with E-state index in [0.717, 1.165) is 68.4 Å². The van der Waals surface area contributed by atoms with Crippen molar-refractivity contribution in [2.24, 2.45) is 5.41 Å². The predicted octanol–water partition coefficient (Wildman–Crippen LogP) is 2.33. The summed E-state index contributed by atoms with van der Waals surface area (Å²) in [6, 6.07) is 3.93. The van der Waals surface area contributed by atoms with Crippen molar-refractivity contribution in [3.8, 4) is 10.6 Å². The average Bonchev–Trinajstić information content (AvgIpc) is 3.47. The highest BCUT2D eigenvalue weighted by atomic mass is 32.1. The maximum Gasteiger partial charge on any atom is 0.209 e. The van der Waals surface area contributed by atoms with Crippen molar-refractivity contribution in [3.63, 3.8) is 0 Å². The minimum Gasteiger partial charge on any atom is -0.385 e. The molecule has 3 fully saturated rings. The fourth-order valence-corrected chi connectivity index (χ4v) is 5.61. The van der Waals surface area contributed by atoms with E-state index in [0.29, 0.717) is 13.1 Å². The van der Waals surface area contributed by atoms with E-state index < -0.39 is 6.17 Å². The lowest BCUT2D eigenvalue weighted by molar-refractivity contribution is -0.133. The number of hydrogen-bond acceptors (Lipinski definition) is 8. The van der Waals surface area contributed by atoms with Gasteiger partial charge in [0, 0.05) is 70.6 Å². The first-order chi connectivity index (χ1) is 15.6.